The average molecular weight is 671 g/mol. The molecule has 0 aliphatic heterocycles. The van der Waals surface area contributed by atoms with Crippen molar-refractivity contribution in [2.24, 2.45) is 0 Å². The fraction of sp³-hybridized carbons (Fsp3) is 0. The van der Waals surface area contributed by atoms with Gasteiger partial charge < -0.3 is 4.42 Å². The summed E-state index contributed by atoms with van der Waals surface area (Å²) >= 11 is 0. The Bertz CT molecular complexity index is 3910. The molecule has 4 heteroatoms. The summed E-state index contributed by atoms with van der Waals surface area (Å²) in [6.07, 6.45) is 0. The molecule has 0 radical (unpaired) electrons. The average Bonchev–Trinajstić information content (AvgIpc) is 3.77. The van der Waals surface area contributed by atoms with E-state index in [1.165, 1.54) is 0 Å². The van der Waals surface area contributed by atoms with Crippen LogP contribution >= 0.6 is 0 Å². The van der Waals surface area contributed by atoms with E-state index in [2.05, 4.69) is 0 Å². The van der Waals surface area contributed by atoms with Crippen molar-refractivity contribution in [1.82, 2.24) is 15.0 Å². The van der Waals surface area contributed by atoms with E-state index < -0.39 is 165 Å². The lowest BCUT2D eigenvalue weighted by Crippen LogP contribution is -2.00. The van der Waals surface area contributed by atoms with Crippen molar-refractivity contribution < 1.29 is 30.5 Å². The molecular weight excluding hydrogens is 623 g/mol. The van der Waals surface area contributed by atoms with E-state index in [0.29, 0.717) is 11.1 Å². The first kappa shape index (κ1) is 15.8. The van der Waals surface area contributed by atoms with Crippen LogP contribution in [0.5, 0.6) is 0 Å². The molecular formula is C47H29N3O. The van der Waals surface area contributed by atoms with Crippen LogP contribution < -0.4 is 0 Å². The highest BCUT2D eigenvalue weighted by atomic mass is 16.3. The van der Waals surface area contributed by atoms with Crippen LogP contribution in [0.1, 0.15) is 26.0 Å². The summed E-state index contributed by atoms with van der Waals surface area (Å²) < 4.78 is 177. The SMILES string of the molecule is [2H]c1c([2H])c(-c2c([2H])c(-c3nc(-c4ccccc4)nc(-c4ccccc4)n3)c([2H])c3c2oc2c([2H])c4c([2H])c([2H])c([2H])c([2H])c4c([2H])c23)c([2H])c([2H])c1-c1c([2H])c([2H])c2c([2H])c([2H])c([2H])c([2H])c2c1[2H]. The van der Waals surface area contributed by atoms with Crippen molar-refractivity contribution in [2.45, 2.75) is 0 Å². The quantitative estimate of drug-likeness (QED) is 0.183. The van der Waals surface area contributed by atoms with Gasteiger partial charge in [-0.15, -0.1) is 0 Å². The van der Waals surface area contributed by atoms with Crippen LogP contribution in [-0.2, 0) is 0 Å². The predicted molar refractivity (Wildman–Crippen MR) is 209 cm³/mol. The molecule has 0 aliphatic carbocycles. The maximum atomic E-state index is 9.93. The molecule has 0 saturated carbocycles. The van der Waals surface area contributed by atoms with Gasteiger partial charge in [0.1, 0.15) is 11.2 Å². The summed E-state index contributed by atoms with van der Waals surface area (Å²) in [5, 5.41) is -2.39. The van der Waals surface area contributed by atoms with Crippen LogP contribution in [-0.4, -0.2) is 15.0 Å². The summed E-state index contributed by atoms with van der Waals surface area (Å²) in [6.45, 7) is 0. The van der Waals surface area contributed by atoms with Crippen molar-refractivity contribution >= 4 is 43.5 Å². The lowest BCUT2D eigenvalue weighted by Gasteiger charge is -2.11. The molecule has 51 heavy (non-hydrogen) atoms. The maximum absolute atomic E-state index is 9.93. The van der Waals surface area contributed by atoms with Crippen LogP contribution in [0.2, 0.25) is 0 Å². The number of hydrogen-bond donors (Lipinski definition) is 0. The fourth-order valence-corrected chi connectivity index (χ4v) is 5.69. The standard InChI is InChI=1S/C47H29N3O/c1-3-12-33(13-4-1)45-48-46(34-14-5-2-6-15-34)50-47(49-45)39-27-40(44-42(28-39)41-26-36-17-9-10-18-37(36)29-43(41)51-44)32-22-19-31(20-23-32)38-24-21-30-11-7-8-16-35(30)25-38/h1-29H/i7D,8D,9D,10D,11D,16D,17D,18D,19D,20D,21D,22D,23D,24D,25D,26D,27D,28D,29D. The minimum absolute atomic E-state index is 0.0959. The first-order valence-electron chi connectivity index (χ1n) is 25.1. The Labute approximate surface area is 321 Å². The zero-order chi connectivity index (χ0) is 50.3. The highest BCUT2D eigenvalue weighted by Crippen LogP contribution is 2.41. The summed E-state index contributed by atoms with van der Waals surface area (Å²) in [5.74, 6) is -0.106. The number of fused-ring (bicyclic) bond motifs is 5. The molecule has 10 aromatic rings. The highest BCUT2D eigenvalue weighted by molar-refractivity contribution is 6.14. The second-order valence-electron chi connectivity index (χ2n) is 11.3. The van der Waals surface area contributed by atoms with E-state index in [1.54, 1.807) is 60.7 Å². The second kappa shape index (κ2) is 11.9. The number of aromatic nitrogens is 3. The zero-order valence-electron chi connectivity index (χ0n) is 45.0. The van der Waals surface area contributed by atoms with Crippen LogP contribution in [0, 0.1) is 0 Å². The lowest BCUT2D eigenvalue weighted by molar-refractivity contribution is 0.670. The van der Waals surface area contributed by atoms with E-state index in [0.717, 1.165) is 0 Å². The second-order valence-corrected chi connectivity index (χ2v) is 11.3. The third-order valence-electron chi connectivity index (χ3n) is 8.11. The van der Waals surface area contributed by atoms with Crippen molar-refractivity contribution in [3.63, 3.8) is 0 Å². The first-order chi connectivity index (χ1) is 33.2. The molecule has 0 bridgehead atoms. The van der Waals surface area contributed by atoms with Crippen LogP contribution in [0.25, 0.3) is 99.9 Å². The van der Waals surface area contributed by atoms with E-state index in [4.69, 9.17) is 34.4 Å². The number of furan rings is 1. The third-order valence-corrected chi connectivity index (χ3v) is 8.11. The molecule has 0 saturated heterocycles. The van der Waals surface area contributed by atoms with Gasteiger partial charge in [0.15, 0.2) is 17.5 Å². The van der Waals surface area contributed by atoms with Crippen LogP contribution in [0.15, 0.2) is 180 Å². The van der Waals surface area contributed by atoms with Gasteiger partial charge in [-0.25, -0.2) is 15.0 Å². The molecule has 0 amide bonds. The van der Waals surface area contributed by atoms with E-state index in [9.17, 15) is 11.0 Å². The van der Waals surface area contributed by atoms with Gasteiger partial charge >= 0.3 is 0 Å². The zero-order valence-corrected chi connectivity index (χ0v) is 26.0. The Balaban J connectivity index is 1.38. The van der Waals surface area contributed by atoms with Crippen molar-refractivity contribution in [2.75, 3.05) is 0 Å². The predicted octanol–water partition coefficient (Wildman–Crippen LogP) is 12.4. The van der Waals surface area contributed by atoms with Gasteiger partial charge in [0, 0.05) is 33.0 Å². The molecule has 0 fully saturated rings. The summed E-state index contributed by atoms with van der Waals surface area (Å²) in [4.78, 5) is 14.1. The van der Waals surface area contributed by atoms with Gasteiger partial charge in [0.25, 0.3) is 0 Å². The van der Waals surface area contributed by atoms with E-state index >= 15 is 0 Å². The number of hydrogen-bond acceptors (Lipinski definition) is 4. The van der Waals surface area contributed by atoms with Gasteiger partial charge in [0.05, 0.1) is 26.0 Å². The number of benzene rings is 8. The van der Waals surface area contributed by atoms with Crippen molar-refractivity contribution in [3.8, 4) is 56.4 Å². The fourth-order valence-electron chi connectivity index (χ4n) is 5.69. The molecule has 0 aliphatic rings. The smallest absolute Gasteiger partial charge is 0.164 e. The summed E-state index contributed by atoms with van der Waals surface area (Å²) in [6, 6.07) is 3.26. The first-order valence-corrected chi connectivity index (χ1v) is 15.6. The third kappa shape index (κ3) is 5.22. The summed E-state index contributed by atoms with van der Waals surface area (Å²) in [5.41, 5.74) is -2.88. The van der Waals surface area contributed by atoms with Gasteiger partial charge in [-0.2, -0.15) is 0 Å². The van der Waals surface area contributed by atoms with Crippen LogP contribution in [0.4, 0.5) is 0 Å². The van der Waals surface area contributed by atoms with E-state index in [-0.39, 0.29) is 39.0 Å². The van der Waals surface area contributed by atoms with Gasteiger partial charge in [-0.3, -0.25) is 0 Å². The molecule has 8 aromatic carbocycles. The molecule has 0 unspecified atom stereocenters. The number of nitrogens with zero attached hydrogens (tertiary/aromatic N) is 3. The lowest BCUT2D eigenvalue weighted by atomic mass is 9.95. The van der Waals surface area contributed by atoms with Crippen LogP contribution in [0.3, 0.4) is 0 Å². The molecule has 10 rings (SSSR count). The minimum atomic E-state index is -0.910. The highest BCUT2D eigenvalue weighted by Gasteiger charge is 2.19. The number of rotatable bonds is 5. The maximum Gasteiger partial charge on any atom is 0.164 e. The normalized spacial score (nSPS) is 16.7. The molecule has 0 N–H and O–H groups in total. The molecule has 0 atom stereocenters. The Morgan fingerprint density at radius 1 is 0.392 bits per heavy atom. The Hall–Kier alpha value is -6.91. The Morgan fingerprint density at radius 2 is 0.922 bits per heavy atom. The van der Waals surface area contributed by atoms with Crippen molar-refractivity contribution in [1.29, 1.82) is 0 Å². The minimum Gasteiger partial charge on any atom is -0.455 e. The van der Waals surface area contributed by atoms with Gasteiger partial charge in [-0.1, -0.05) is 145 Å². The van der Waals surface area contributed by atoms with Gasteiger partial charge in [0.2, 0.25) is 0 Å². The Kier molecular flexibility index (Phi) is 3.68. The largest absolute Gasteiger partial charge is 0.455 e. The topological polar surface area (TPSA) is 51.8 Å². The summed E-state index contributed by atoms with van der Waals surface area (Å²) in [7, 11) is 0. The molecule has 238 valence electrons. The molecule has 2 heterocycles. The Morgan fingerprint density at radius 3 is 1.57 bits per heavy atom. The molecule has 4 nitrogen and oxygen atoms in total. The molecule has 0 spiro atoms. The van der Waals surface area contributed by atoms with Crippen molar-refractivity contribution in [3.05, 3.63) is 175 Å². The molecule has 2 aromatic heterocycles. The van der Waals surface area contributed by atoms with Gasteiger partial charge in [-0.05, 0) is 68.4 Å². The van der Waals surface area contributed by atoms with E-state index in [1.807, 2.05) is 0 Å². The monoisotopic (exact) mass is 670 g/mol.